The Morgan fingerprint density at radius 2 is 1.95 bits per heavy atom. The van der Waals surface area contributed by atoms with Crippen molar-refractivity contribution in [1.82, 2.24) is 15.6 Å². The number of rotatable bonds is 4. The SMILES string of the molecule is CN=C(NCCC(F)(F)F)NCc1nc(C)c(C)o1.I. The van der Waals surface area contributed by atoms with E-state index >= 15 is 0 Å². The van der Waals surface area contributed by atoms with E-state index in [-0.39, 0.29) is 43.0 Å². The number of alkyl halides is 3. The summed E-state index contributed by atoms with van der Waals surface area (Å²) < 4.78 is 41.3. The largest absolute Gasteiger partial charge is 0.444 e. The van der Waals surface area contributed by atoms with Gasteiger partial charge in [-0.25, -0.2) is 4.98 Å². The Morgan fingerprint density at radius 1 is 1.30 bits per heavy atom. The summed E-state index contributed by atoms with van der Waals surface area (Å²) in [5, 5.41) is 5.39. The standard InChI is InChI=1S/C11H17F3N4O.HI/c1-7-8(2)19-9(18-7)6-17-10(15-3)16-5-4-11(12,13)14;/h4-6H2,1-3H3,(H2,15,16,17);1H. The Labute approximate surface area is 132 Å². The van der Waals surface area contributed by atoms with Crippen LogP contribution in [0.15, 0.2) is 9.41 Å². The van der Waals surface area contributed by atoms with Crippen LogP contribution >= 0.6 is 24.0 Å². The van der Waals surface area contributed by atoms with Crippen LogP contribution in [0.4, 0.5) is 13.2 Å². The monoisotopic (exact) mass is 406 g/mol. The predicted octanol–water partition coefficient (Wildman–Crippen LogP) is 2.53. The molecule has 0 aliphatic carbocycles. The number of oxazole rings is 1. The summed E-state index contributed by atoms with van der Waals surface area (Å²) in [4.78, 5) is 7.95. The quantitative estimate of drug-likeness (QED) is 0.459. The molecule has 0 fully saturated rings. The minimum absolute atomic E-state index is 0. The Balaban J connectivity index is 0.00000361. The zero-order valence-electron chi connectivity index (χ0n) is 11.5. The molecule has 0 aliphatic heterocycles. The first kappa shape index (κ1) is 19.0. The van der Waals surface area contributed by atoms with Crippen LogP contribution in [0.1, 0.15) is 23.8 Å². The molecule has 0 saturated carbocycles. The molecular weight excluding hydrogens is 388 g/mol. The van der Waals surface area contributed by atoms with Crippen molar-refractivity contribution in [2.45, 2.75) is 33.0 Å². The highest BCUT2D eigenvalue weighted by Crippen LogP contribution is 2.18. The van der Waals surface area contributed by atoms with Crippen molar-refractivity contribution >= 4 is 29.9 Å². The van der Waals surface area contributed by atoms with Crippen LogP contribution < -0.4 is 10.6 Å². The number of aliphatic imine (C=N–C) groups is 1. The smallest absolute Gasteiger partial charge is 0.390 e. The maximum Gasteiger partial charge on any atom is 0.390 e. The van der Waals surface area contributed by atoms with Gasteiger partial charge in [-0.2, -0.15) is 13.2 Å². The van der Waals surface area contributed by atoms with Crippen LogP contribution in [-0.4, -0.2) is 30.7 Å². The molecule has 0 spiro atoms. The van der Waals surface area contributed by atoms with E-state index < -0.39 is 12.6 Å². The first-order chi connectivity index (χ1) is 8.81. The highest BCUT2D eigenvalue weighted by Gasteiger charge is 2.26. The van der Waals surface area contributed by atoms with Gasteiger partial charge in [0.1, 0.15) is 5.76 Å². The number of hydrogen-bond acceptors (Lipinski definition) is 3. The summed E-state index contributed by atoms with van der Waals surface area (Å²) in [5.41, 5.74) is 0.789. The van der Waals surface area contributed by atoms with E-state index in [1.807, 2.05) is 6.92 Å². The number of guanidine groups is 1. The number of halogens is 4. The number of nitrogens with zero attached hydrogens (tertiary/aromatic N) is 2. The summed E-state index contributed by atoms with van der Waals surface area (Å²) in [5.74, 6) is 1.46. The topological polar surface area (TPSA) is 62.5 Å². The molecule has 20 heavy (non-hydrogen) atoms. The van der Waals surface area contributed by atoms with Crippen molar-refractivity contribution < 1.29 is 17.6 Å². The van der Waals surface area contributed by atoms with Crippen molar-refractivity contribution in [2.75, 3.05) is 13.6 Å². The van der Waals surface area contributed by atoms with Gasteiger partial charge in [0.15, 0.2) is 5.96 Å². The lowest BCUT2D eigenvalue weighted by molar-refractivity contribution is -0.132. The van der Waals surface area contributed by atoms with Crippen LogP contribution in [0.2, 0.25) is 0 Å². The van der Waals surface area contributed by atoms with E-state index in [1.54, 1.807) is 6.92 Å². The molecule has 1 heterocycles. The zero-order chi connectivity index (χ0) is 14.5. The third kappa shape index (κ3) is 6.96. The lowest BCUT2D eigenvalue weighted by Crippen LogP contribution is -2.38. The van der Waals surface area contributed by atoms with Crippen molar-refractivity contribution in [1.29, 1.82) is 0 Å². The average molecular weight is 406 g/mol. The van der Waals surface area contributed by atoms with Crippen LogP contribution in [0, 0.1) is 13.8 Å². The van der Waals surface area contributed by atoms with E-state index in [4.69, 9.17) is 4.42 Å². The minimum Gasteiger partial charge on any atom is -0.444 e. The molecule has 1 aromatic rings. The van der Waals surface area contributed by atoms with E-state index in [1.165, 1.54) is 7.05 Å². The van der Waals surface area contributed by atoms with Gasteiger partial charge in [-0.1, -0.05) is 0 Å². The molecule has 0 amide bonds. The lowest BCUT2D eigenvalue weighted by Gasteiger charge is -2.11. The summed E-state index contributed by atoms with van der Waals surface area (Å²) in [6.07, 6.45) is -5.09. The third-order valence-corrected chi connectivity index (χ3v) is 2.40. The molecule has 0 saturated heterocycles. The Bertz CT molecular complexity index is 426. The molecule has 1 rings (SSSR count). The number of aryl methyl sites for hydroxylation is 2. The summed E-state index contributed by atoms with van der Waals surface area (Å²) >= 11 is 0. The molecule has 0 radical (unpaired) electrons. The normalized spacial score (nSPS) is 12.0. The van der Waals surface area contributed by atoms with E-state index in [0.717, 1.165) is 11.5 Å². The van der Waals surface area contributed by atoms with Gasteiger partial charge < -0.3 is 15.1 Å². The molecule has 0 aromatic carbocycles. The predicted molar refractivity (Wildman–Crippen MR) is 80.3 cm³/mol. The number of aromatic nitrogens is 1. The fourth-order valence-electron chi connectivity index (χ4n) is 1.32. The second-order valence-electron chi connectivity index (χ2n) is 3.97. The molecule has 2 N–H and O–H groups in total. The molecule has 1 aromatic heterocycles. The highest BCUT2D eigenvalue weighted by molar-refractivity contribution is 14.0. The zero-order valence-corrected chi connectivity index (χ0v) is 13.8. The molecule has 0 aliphatic rings. The summed E-state index contributed by atoms with van der Waals surface area (Å²) in [6, 6.07) is 0. The van der Waals surface area contributed by atoms with Crippen LogP contribution in [0.25, 0.3) is 0 Å². The summed E-state index contributed by atoms with van der Waals surface area (Å²) in [7, 11) is 1.48. The molecule has 5 nitrogen and oxygen atoms in total. The number of hydrogen-bond donors (Lipinski definition) is 2. The molecule has 0 bridgehead atoms. The Kier molecular flexibility index (Phi) is 7.91. The molecular formula is C11H18F3IN4O. The maximum absolute atomic E-state index is 12.0. The van der Waals surface area contributed by atoms with Gasteiger partial charge in [-0.05, 0) is 13.8 Å². The Hall–Kier alpha value is -1.00. The molecule has 9 heteroatoms. The van der Waals surface area contributed by atoms with E-state index in [2.05, 4.69) is 20.6 Å². The van der Waals surface area contributed by atoms with Crippen LogP contribution in [0.5, 0.6) is 0 Å². The van der Waals surface area contributed by atoms with Gasteiger partial charge in [0, 0.05) is 13.6 Å². The first-order valence-corrected chi connectivity index (χ1v) is 5.76. The average Bonchev–Trinajstić information content (AvgIpc) is 2.61. The second-order valence-corrected chi connectivity index (χ2v) is 3.97. The van der Waals surface area contributed by atoms with Gasteiger partial charge >= 0.3 is 6.18 Å². The molecule has 0 atom stereocenters. The second kappa shape index (κ2) is 8.32. The van der Waals surface area contributed by atoms with Crippen molar-refractivity contribution in [3.05, 3.63) is 17.3 Å². The lowest BCUT2D eigenvalue weighted by atomic mass is 10.4. The molecule has 0 unspecified atom stereocenters. The van der Waals surface area contributed by atoms with Crippen LogP contribution in [0.3, 0.4) is 0 Å². The van der Waals surface area contributed by atoms with Crippen LogP contribution in [-0.2, 0) is 6.54 Å². The van der Waals surface area contributed by atoms with Gasteiger partial charge in [-0.3, -0.25) is 4.99 Å². The van der Waals surface area contributed by atoms with Gasteiger partial charge in [-0.15, -0.1) is 24.0 Å². The van der Waals surface area contributed by atoms with Crippen molar-refractivity contribution in [3.63, 3.8) is 0 Å². The maximum atomic E-state index is 12.0. The fraction of sp³-hybridized carbons (Fsp3) is 0.636. The van der Waals surface area contributed by atoms with Gasteiger partial charge in [0.25, 0.3) is 0 Å². The van der Waals surface area contributed by atoms with Gasteiger partial charge in [0.05, 0.1) is 18.7 Å². The van der Waals surface area contributed by atoms with Crippen molar-refractivity contribution in [2.24, 2.45) is 4.99 Å². The third-order valence-electron chi connectivity index (χ3n) is 2.40. The molecule has 116 valence electrons. The number of nitrogens with one attached hydrogen (secondary N) is 2. The van der Waals surface area contributed by atoms with E-state index in [0.29, 0.717) is 5.89 Å². The Morgan fingerprint density at radius 3 is 2.40 bits per heavy atom. The van der Waals surface area contributed by atoms with Crippen molar-refractivity contribution in [3.8, 4) is 0 Å². The van der Waals surface area contributed by atoms with E-state index in [9.17, 15) is 13.2 Å². The fourth-order valence-corrected chi connectivity index (χ4v) is 1.32. The summed E-state index contributed by atoms with van der Waals surface area (Å²) in [6.45, 7) is 3.65. The highest BCUT2D eigenvalue weighted by atomic mass is 127. The first-order valence-electron chi connectivity index (χ1n) is 5.76. The van der Waals surface area contributed by atoms with Gasteiger partial charge in [0.2, 0.25) is 5.89 Å². The minimum atomic E-state index is -4.18.